The number of fused-ring (bicyclic) bond motifs is 1. The van der Waals surface area contributed by atoms with Crippen molar-refractivity contribution >= 4 is 16.8 Å². The lowest BCUT2D eigenvalue weighted by Crippen LogP contribution is -2.45. The van der Waals surface area contributed by atoms with E-state index in [1.54, 1.807) is 13.0 Å². The van der Waals surface area contributed by atoms with Gasteiger partial charge in [-0.15, -0.1) is 0 Å². The van der Waals surface area contributed by atoms with E-state index in [1.165, 1.54) is 11.0 Å². The molecule has 0 bridgehead atoms. The number of carbonyl (C=O) groups is 1. The number of hydrogen-bond donors (Lipinski definition) is 1. The third-order valence-electron chi connectivity index (χ3n) is 5.41. The summed E-state index contributed by atoms with van der Waals surface area (Å²) in [4.78, 5) is 29.6. The molecule has 1 heterocycles. The Kier molecular flexibility index (Phi) is 4.69. The predicted octanol–water partition coefficient (Wildman–Crippen LogP) is 2.65. The second kappa shape index (κ2) is 6.75. The Balaban J connectivity index is 1.79. The number of carbonyl (C=O) groups excluding carboxylic acids is 1. The zero-order valence-corrected chi connectivity index (χ0v) is 14.6. The lowest BCUT2D eigenvalue weighted by atomic mass is 9.78. The Labute approximate surface area is 142 Å². The Morgan fingerprint density at radius 1 is 1.29 bits per heavy atom. The number of benzene rings is 1. The molecule has 1 saturated carbocycles. The molecule has 1 N–H and O–H groups in total. The molecule has 2 aromatic rings. The maximum Gasteiger partial charge on any atom is 0.261 e. The Hall–Kier alpha value is -2.17. The molecule has 5 heteroatoms. The van der Waals surface area contributed by atoms with E-state index in [0.29, 0.717) is 28.6 Å². The van der Waals surface area contributed by atoms with E-state index < -0.39 is 0 Å². The SMILES string of the molecule is Cc1nc2ccccc2c(=O)n1CC(=O)N[C@H]1CCC[C@@H](C)[C@@H]1C. The number of para-hydroxylation sites is 1. The normalized spacial score (nSPS) is 24.0. The summed E-state index contributed by atoms with van der Waals surface area (Å²) in [5.74, 6) is 1.55. The summed E-state index contributed by atoms with van der Waals surface area (Å²) in [6, 6.07) is 7.45. The Morgan fingerprint density at radius 3 is 2.83 bits per heavy atom. The number of nitrogens with zero attached hydrogens (tertiary/aromatic N) is 2. The van der Waals surface area contributed by atoms with Gasteiger partial charge in [0.25, 0.3) is 5.56 Å². The van der Waals surface area contributed by atoms with Crippen LogP contribution in [0.2, 0.25) is 0 Å². The summed E-state index contributed by atoms with van der Waals surface area (Å²) >= 11 is 0. The summed E-state index contributed by atoms with van der Waals surface area (Å²) < 4.78 is 1.47. The molecule has 0 unspecified atom stereocenters. The van der Waals surface area contributed by atoms with Crippen LogP contribution >= 0.6 is 0 Å². The van der Waals surface area contributed by atoms with Gasteiger partial charge in [-0.1, -0.05) is 38.8 Å². The lowest BCUT2D eigenvalue weighted by molar-refractivity contribution is -0.123. The van der Waals surface area contributed by atoms with Crippen LogP contribution in [0.4, 0.5) is 0 Å². The van der Waals surface area contributed by atoms with Crippen molar-refractivity contribution in [1.82, 2.24) is 14.9 Å². The molecule has 128 valence electrons. The molecular weight excluding hydrogens is 302 g/mol. The molecule has 1 aromatic carbocycles. The van der Waals surface area contributed by atoms with Gasteiger partial charge in [-0.05, 0) is 37.3 Å². The van der Waals surface area contributed by atoms with Crippen LogP contribution < -0.4 is 10.9 Å². The van der Waals surface area contributed by atoms with Crippen LogP contribution in [-0.4, -0.2) is 21.5 Å². The molecular formula is C19H25N3O2. The second-order valence-electron chi connectivity index (χ2n) is 7.01. The van der Waals surface area contributed by atoms with Gasteiger partial charge in [-0.2, -0.15) is 0 Å². The average molecular weight is 327 g/mol. The number of rotatable bonds is 3. The third kappa shape index (κ3) is 3.21. The highest BCUT2D eigenvalue weighted by molar-refractivity contribution is 5.79. The van der Waals surface area contributed by atoms with Crippen molar-refractivity contribution in [2.45, 2.75) is 52.6 Å². The molecule has 0 spiro atoms. The van der Waals surface area contributed by atoms with E-state index in [0.717, 1.165) is 12.8 Å². The van der Waals surface area contributed by atoms with Crippen molar-refractivity contribution in [3.8, 4) is 0 Å². The third-order valence-corrected chi connectivity index (χ3v) is 5.41. The molecule has 1 aromatic heterocycles. The highest BCUT2D eigenvalue weighted by Crippen LogP contribution is 2.29. The zero-order chi connectivity index (χ0) is 17.3. The van der Waals surface area contributed by atoms with Crippen molar-refractivity contribution < 1.29 is 4.79 Å². The minimum absolute atomic E-state index is 0.0279. The molecule has 1 amide bonds. The fraction of sp³-hybridized carbons (Fsp3) is 0.526. The summed E-state index contributed by atoms with van der Waals surface area (Å²) in [5.41, 5.74) is 0.518. The molecule has 0 aliphatic heterocycles. The molecule has 3 atom stereocenters. The van der Waals surface area contributed by atoms with E-state index in [9.17, 15) is 9.59 Å². The number of nitrogens with one attached hydrogen (secondary N) is 1. The molecule has 1 fully saturated rings. The first-order valence-electron chi connectivity index (χ1n) is 8.73. The lowest BCUT2D eigenvalue weighted by Gasteiger charge is -2.34. The summed E-state index contributed by atoms with van der Waals surface area (Å²) in [6.07, 6.45) is 3.38. The first-order chi connectivity index (χ1) is 11.5. The highest BCUT2D eigenvalue weighted by Gasteiger charge is 2.28. The van der Waals surface area contributed by atoms with Crippen LogP contribution in [0.3, 0.4) is 0 Å². The smallest absolute Gasteiger partial charge is 0.261 e. The van der Waals surface area contributed by atoms with Gasteiger partial charge in [-0.3, -0.25) is 14.2 Å². The zero-order valence-electron chi connectivity index (χ0n) is 14.6. The van der Waals surface area contributed by atoms with Crippen molar-refractivity contribution in [1.29, 1.82) is 0 Å². The molecule has 3 rings (SSSR count). The van der Waals surface area contributed by atoms with Crippen molar-refractivity contribution in [3.05, 3.63) is 40.4 Å². The van der Waals surface area contributed by atoms with Crippen LogP contribution in [0.15, 0.2) is 29.1 Å². The Bertz CT molecular complexity index is 812. The average Bonchev–Trinajstić information content (AvgIpc) is 2.56. The van der Waals surface area contributed by atoms with Crippen molar-refractivity contribution in [3.63, 3.8) is 0 Å². The van der Waals surface area contributed by atoms with Crippen LogP contribution in [0.1, 0.15) is 38.9 Å². The topological polar surface area (TPSA) is 64.0 Å². The summed E-state index contributed by atoms with van der Waals surface area (Å²) in [6.45, 7) is 6.24. The predicted molar refractivity (Wildman–Crippen MR) is 94.8 cm³/mol. The molecule has 0 radical (unpaired) electrons. The summed E-state index contributed by atoms with van der Waals surface area (Å²) in [5, 5.41) is 3.68. The van der Waals surface area contributed by atoms with E-state index in [2.05, 4.69) is 24.1 Å². The minimum Gasteiger partial charge on any atom is -0.352 e. The van der Waals surface area contributed by atoms with Gasteiger partial charge in [0.2, 0.25) is 5.91 Å². The fourth-order valence-corrected chi connectivity index (χ4v) is 3.65. The Morgan fingerprint density at radius 2 is 2.04 bits per heavy atom. The summed E-state index contributed by atoms with van der Waals surface area (Å²) in [7, 11) is 0. The van der Waals surface area contributed by atoms with Gasteiger partial charge in [-0.25, -0.2) is 4.98 Å². The molecule has 1 aliphatic carbocycles. The molecule has 1 aliphatic rings. The van der Waals surface area contributed by atoms with Crippen LogP contribution in [0.25, 0.3) is 10.9 Å². The van der Waals surface area contributed by atoms with Crippen LogP contribution in [0, 0.1) is 18.8 Å². The monoisotopic (exact) mass is 327 g/mol. The van der Waals surface area contributed by atoms with Gasteiger partial charge in [0.15, 0.2) is 0 Å². The largest absolute Gasteiger partial charge is 0.352 e. The van der Waals surface area contributed by atoms with Gasteiger partial charge >= 0.3 is 0 Å². The number of amides is 1. The number of hydrogen-bond acceptors (Lipinski definition) is 3. The van der Waals surface area contributed by atoms with Gasteiger partial charge in [0, 0.05) is 6.04 Å². The van der Waals surface area contributed by atoms with Crippen molar-refractivity contribution in [2.75, 3.05) is 0 Å². The van der Waals surface area contributed by atoms with E-state index in [-0.39, 0.29) is 24.1 Å². The van der Waals surface area contributed by atoms with Gasteiger partial charge in [0.1, 0.15) is 12.4 Å². The van der Waals surface area contributed by atoms with Crippen LogP contribution in [0.5, 0.6) is 0 Å². The van der Waals surface area contributed by atoms with Crippen molar-refractivity contribution in [2.24, 2.45) is 11.8 Å². The first kappa shape index (κ1) is 16.7. The molecule has 5 nitrogen and oxygen atoms in total. The maximum atomic E-state index is 12.6. The minimum atomic E-state index is -0.154. The van der Waals surface area contributed by atoms with E-state index in [1.807, 2.05) is 18.2 Å². The fourth-order valence-electron chi connectivity index (χ4n) is 3.65. The second-order valence-corrected chi connectivity index (χ2v) is 7.01. The molecule has 24 heavy (non-hydrogen) atoms. The number of aromatic nitrogens is 2. The van der Waals surface area contributed by atoms with Gasteiger partial charge < -0.3 is 5.32 Å². The highest BCUT2D eigenvalue weighted by atomic mass is 16.2. The number of aryl methyl sites for hydroxylation is 1. The quantitative estimate of drug-likeness (QED) is 0.942. The molecule has 0 saturated heterocycles. The first-order valence-corrected chi connectivity index (χ1v) is 8.73. The van der Waals surface area contributed by atoms with E-state index >= 15 is 0 Å². The van der Waals surface area contributed by atoms with Crippen LogP contribution in [-0.2, 0) is 11.3 Å². The maximum absolute atomic E-state index is 12.6. The standard InChI is InChI=1S/C19H25N3O2/c1-12-7-6-10-16(13(12)2)21-18(23)11-22-14(3)20-17-9-5-4-8-15(17)19(22)24/h4-5,8-9,12-13,16H,6-7,10-11H2,1-3H3,(H,21,23)/t12-,13+,16+/m1/s1. The van der Waals surface area contributed by atoms with E-state index in [4.69, 9.17) is 0 Å². The van der Waals surface area contributed by atoms with Gasteiger partial charge in [0.05, 0.1) is 10.9 Å².